The van der Waals surface area contributed by atoms with Crippen molar-refractivity contribution in [2.24, 2.45) is 11.8 Å². The van der Waals surface area contributed by atoms with Gasteiger partial charge in [0.05, 0.1) is 0 Å². The molecule has 3 nitrogen and oxygen atoms in total. The topological polar surface area (TPSA) is 49.3 Å². The molecule has 0 heterocycles. The van der Waals surface area contributed by atoms with Crippen LogP contribution in [-0.2, 0) is 4.79 Å². The van der Waals surface area contributed by atoms with E-state index in [-0.39, 0.29) is 0 Å². The van der Waals surface area contributed by atoms with Gasteiger partial charge in [-0.15, -0.1) is 0 Å². The van der Waals surface area contributed by atoms with E-state index in [1.165, 1.54) is 0 Å². The van der Waals surface area contributed by atoms with Crippen LogP contribution in [0, 0.1) is 11.8 Å². The van der Waals surface area contributed by atoms with Gasteiger partial charge in [-0.1, -0.05) is 20.8 Å². The number of aliphatic carboxylic acids is 1. The second-order valence-corrected chi connectivity index (χ2v) is 6.42. The highest BCUT2D eigenvalue weighted by Gasteiger charge is 2.50. The number of hydrogen-bond acceptors (Lipinski definition) is 3. The van der Waals surface area contributed by atoms with Crippen molar-refractivity contribution in [3.8, 4) is 0 Å². The molecule has 0 aromatic carbocycles. The molecule has 0 aromatic rings. The molecule has 4 heteroatoms. The zero-order valence-corrected chi connectivity index (χ0v) is 12.0. The summed E-state index contributed by atoms with van der Waals surface area (Å²) in [6.07, 6.45) is 3.10. The molecule has 0 spiro atoms. The molecule has 1 aliphatic rings. The third-order valence-electron chi connectivity index (χ3n) is 3.13. The van der Waals surface area contributed by atoms with Gasteiger partial charge in [0, 0.05) is 5.75 Å². The average Bonchev–Trinajstić information content (AvgIpc) is 3.06. The fourth-order valence-corrected chi connectivity index (χ4v) is 3.38. The monoisotopic (exact) mass is 259 g/mol. The molecule has 1 unspecified atom stereocenters. The Hall–Kier alpha value is -0.220. The van der Waals surface area contributed by atoms with E-state index in [1.807, 2.05) is 0 Å². The van der Waals surface area contributed by atoms with Crippen molar-refractivity contribution in [3.63, 3.8) is 0 Å². The average molecular weight is 259 g/mol. The molecule has 1 atom stereocenters. The number of carboxylic acid groups (broad SMARTS) is 1. The predicted molar refractivity (Wildman–Crippen MR) is 73.5 cm³/mol. The van der Waals surface area contributed by atoms with Gasteiger partial charge in [0.2, 0.25) is 0 Å². The van der Waals surface area contributed by atoms with Crippen molar-refractivity contribution in [1.29, 1.82) is 0 Å². The van der Waals surface area contributed by atoms with Crippen LogP contribution in [0.15, 0.2) is 0 Å². The van der Waals surface area contributed by atoms with Crippen molar-refractivity contribution >= 4 is 17.7 Å². The standard InChI is InChI=1S/C13H25NO2S/c1-4-7-14-13(12(15)16,11-5-6-11)9-17-8-10(2)3/h10-11,14H,4-9H2,1-3H3,(H,15,16). The second-order valence-electron chi connectivity index (χ2n) is 5.39. The van der Waals surface area contributed by atoms with Crippen molar-refractivity contribution in [1.82, 2.24) is 5.32 Å². The number of nitrogens with one attached hydrogen (secondary N) is 1. The summed E-state index contributed by atoms with van der Waals surface area (Å²) in [4.78, 5) is 11.6. The summed E-state index contributed by atoms with van der Waals surface area (Å²) in [5.74, 6) is 2.04. The molecule has 0 aromatic heterocycles. The van der Waals surface area contributed by atoms with Gasteiger partial charge in [0.25, 0.3) is 0 Å². The zero-order chi connectivity index (χ0) is 12.9. The lowest BCUT2D eigenvalue weighted by Crippen LogP contribution is -2.56. The molecule has 1 rings (SSSR count). The summed E-state index contributed by atoms with van der Waals surface area (Å²) >= 11 is 1.77. The van der Waals surface area contributed by atoms with Crippen molar-refractivity contribution in [3.05, 3.63) is 0 Å². The summed E-state index contributed by atoms with van der Waals surface area (Å²) in [6, 6.07) is 0. The number of hydrogen-bond donors (Lipinski definition) is 2. The number of thioether (sulfide) groups is 1. The van der Waals surface area contributed by atoms with Gasteiger partial charge in [0.15, 0.2) is 0 Å². The number of rotatable bonds is 9. The summed E-state index contributed by atoms with van der Waals surface area (Å²) in [5.41, 5.74) is -0.671. The Kier molecular flexibility index (Phi) is 5.80. The van der Waals surface area contributed by atoms with E-state index in [1.54, 1.807) is 11.8 Å². The van der Waals surface area contributed by atoms with Crippen LogP contribution in [0.1, 0.15) is 40.0 Å². The van der Waals surface area contributed by atoms with Gasteiger partial charge >= 0.3 is 5.97 Å². The third-order valence-corrected chi connectivity index (χ3v) is 4.69. The van der Waals surface area contributed by atoms with Crippen molar-refractivity contribution < 1.29 is 9.90 Å². The molecule has 2 N–H and O–H groups in total. The lowest BCUT2D eigenvalue weighted by Gasteiger charge is -2.30. The highest BCUT2D eigenvalue weighted by Crippen LogP contribution is 2.41. The maximum absolute atomic E-state index is 11.6. The Morgan fingerprint density at radius 1 is 1.53 bits per heavy atom. The van der Waals surface area contributed by atoms with E-state index in [0.29, 0.717) is 17.6 Å². The van der Waals surface area contributed by atoms with Gasteiger partial charge in [-0.2, -0.15) is 11.8 Å². The molecule has 0 aliphatic heterocycles. The zero-order valence-electron chi connectivity index (χ0n) is 11.2. The molecule has 0 radical (unpaired) electrons. The van der Waals surface area contributed by atoms with E-state index in [9.17, 15) is 9.90 Å². The lowest BCUT2D eigenvalue weighted by atomic mass is 9.95. The molecular weight excluding hydrogens is 234 g/mol. The van der Waals surface area contributed by atoms with Crippen LogP contribution < -0.4 is 5.32 Å². The van der Waals surface area contributed by atoms with Crippen LogP contribution >= 0.6 is 11.8 Å². The minimum Gasteiger partial charge on any atom is -0.480 e. The molecule has 0 amide bonds. The van der Waals surface area contributed by atoms with Crippen LogP contribution in [0.2, 0.25) is 0 Å². The summed E-state index contributed by atoms with van der Waals surface area (Å²) < 4.78 is 0. The van der Waals surface area contributed by atoms with E-state index in [0.717, 1.165) is 31.6 Å². The quantitative estimate of drug-likeness (QED) is 0.668. The van der Waals surface area contributed by atoms with Gasteiger partial charge in [-0.05, 0) is 43.4 Å². The first kappa shape index (κ1) is 14.8. The predicted octanol–water partition coefficient (Wildman–Crippen LogP) is 2.61. The minimum absolute atomic E-state index is 0.339. The number of carboxylic acids is 1. The Bertz CT molecular complexity index is 254. The molecule has 100 valence electrons. The first-order valence-electron chi connectivity index (χ1n) is 6.59. The molecular formula is C13H25NO2S. The van der Waals surface area contributed by atoms with Gasteiger partial charge in [0.1, 0.15) is 5.54 Å². The van der Waals surface area contributed by atoms with Crippen LogP contribution in [0.25, 0.3) is 0 Å². The van der Waals surface area contributed by atoms with Crippen LogP contribution in [-0.4, -0.2) is 34.7 Å². The van der Waals surface area contributed by atoms with Gasteiger partial charge in [-0.25, -0.2) is 0 Å². The van der Waals surface area contributed by atoms with E-state index < -0.39 is 11.5 Å². The fourth-order valence-electron chi connectivity index (χ4n) is 2.00. The SMILES string of the molecule is CCCNC(CSCC(C)C)(C(=O)O)C1CC1. The lowest BCUT2D eigenvalue weighted by molar-refractivity contribution is -0.144. The molecule has 0 saturated heterocycles. The third kappa shape index (κ3) is 4.18. The van der Waals surface area contributed by atoms with Crippen LogP contribution in [0.4, 0.5) is 0 Å². The Balaban J connectivity index is 2.58. The summed E-state index contributed by atoms with van der Waals surface area (Å²) in [7, 11) is 0. The molecule has 1 fully saturated rings. The molecule has 17 heavy (non-hydrogen) atoms. The highest BCUT2D eigenvalue weighted by molar-refractivity contribution is 7.99. The smallest absolute Gasteiger partial charge is 0.325 e. The first-order chi connectivity index (χ1) is 8.03. The highest BCUT2D eigenvalue weighted by atomic mass is 32.2. The van der Waals surface area contributed by atoms with Crippen LogP contribution in [0.3, 0.4) is 0 Å². The normalized spacial score (nSPS) is 19.3. The van der Waals surface area contributed by atoms with Gasteiger partial charge in [-0.3, -0.25) is 4.79 Å². The Labute approximate surface area is 109 Å². The van der Waals surface area contributed by atoms with Crippen molar-refractivity contribution in [2.75, 3.05) is 18.1 Å². The first-order valence-corrected chi connectivity index (χ1v) is 7.74. The van der Waals surface area contributed by atoms with E-state index in [4.69, 9.17) is 0 Å². The maximum atomic E-state index is 11.6. The molecule has 1 aliphatic carbocycles. The van der Waals surface area contributed by atoms with Crippen LogP contribution in [0.5, 0.6) is 0 Å². The summed E-state index contributed by atoms with van der Waals surface area (Å²) in [5, 5.41) is 12.8. The summed E-state index contributed by atoms with van der Waals surface area (Å²) in [6.45, 7) is 7.22. The van der Waals surface area contributed by atoms with E-state index >= 15 is 0 Å². The number of carbonyl (C=O) groups is 1. The second kappa shape index (κ2) is 6.64. The fraction of sp³-hybridized carbons (Fsp3) is 0.923. The molecule has 0 bridgehead atoms. The minimum atomic E-state index is -0.671. The Morgan fingerprint density at radius 2 is 2.18 bits per heavy atom. The van der Waals surface area contributed by atoms with E-state index in [2.05, 4.69) is 26.1 Å². The largest absolute Gasteiger partial charge is 0.480 e. The van der Waals surface area contributed by atoms with Gasteiger partial charge < -0.3 is 10.4 Å². The molecule has 1 saturated carbocycles. The maximum Gasteiger partial charge on any atom is 0.325 e. The Morgan fingerprint density at radius 3 is 2.59 bits per heavy atom. The van der Waals surface area contributed by atoms with Crippen molar-refractivity contribution in [2.45, 2.75) is 45.6 Å².